The smallest absolute Gasteiger partial charge is 0.164 e. The van der Waals surface area contributed by atoms with Gasteiger partial charge in [0.05, 0.1) is 5.39 Å². The number of hydrogen-bond acceptors (Lipinski definition) is 6. The molecule has 9 heteroatoms. The molecule has 1 aliphatic carbocycles. The van der Waals surface area contributed by atoms with Crippen LogP contribution in [0.3, 0.4) is 0 Å². The number of fused-ring (bicyclic) bond motifs is 1. The highest BCUT2D eigenvalue weighted by atomic mass is 79.9. The Kier molecular flexibility index (Phi) is 3.51. The lowest BCUT2D eigenvalue weighted by molar-refractivity contribution is 0.469. The van der Waals surface area contributed by atoms with Crippen molar-refractivity contribution in [3.8, 4) is 0 Å². The van der Waals surface area contributed by atoms with E-state index in [1.54, 1.807) is 11.0 Å². The van der Waals surface area contributed by atoms with Gasteiger partial charge in [-0.25, -0.2) is 14.6 Å². The molecule has 3 aromatic rings. The summed E-state index contributed by atoms with van der Waals surface area (Å²) in [5, 5.41) is 14.0. The lowest BCUT2D eigenvalue weighted by atomic mass is 9.97. The molecule has 2 aliphatic rings. The van der Waals surface area contributed by atoms with Crippen LogP contribution in [-0.4, -0.2) is 47.6 Å². The first-order chi connectivity index (χ1) is 12.2. The van der Waals surface area contributed by atoms with Gasteiger partial charge in [0, 0.05) is 32.1 Å². The monoisotopic (exact) mass is 402 g/mol. The second-order valence-corrected chi connectivity index (χ2v) is 7.67. The summed E-state index contributed by atoms with van der Waals surface area (Å²) >= 11 is 3.56. The molecule has 0 aromatic carbocycles. The van der Waals surface area contributed by atoms with Gasteiger partial charge in [-0.2, -0.15) is 5.10 Å². The van der Waals surface area contributed by atoms with Crippen molar-refractivity contribution >= 4 is 32.8 Å². The maximum Gasteiger partial charge on any atom is 0.164 e. The normalized spacial score (nSPS) is 21.2. The first kappa shape index (κ1) is 15.2. The highest BCUT2D eigenvalue weighted by Crippen LogP contribution is 2.39. The number of nitrogens with zero attached hydrogens (tertiary/aromatic N) is 8. The molecule has 0 spiro atoms. The van der Waals surface area contributed by atoms with Gasteiger partial charge < -0.3 is 9.47 Å². The molecular weight excluding hydrogens is 384 g/mol. The average molecular weight is 403 g/mol. The van der Waals surface area contributed by atoms with Crippen molar-refractivity contribution in [1.82, 2.24) is 34.5 Å². The summed E-state index contributed by atoms with van der Waals surface area (Å²) in [5.74, 6) is 2.47. The number of aryl methyl sites for hydroxylation is 1. The summed E-state index contributed by atoms with van der Waals surface area (Å²) in [5.41, 5.74) is 0.847. The molecule has 1 unspecified atom stereocenters. The molecule has 0 amide bonds. The number of piperidine rings is 1. The number of halogens is 1. The predicted octanol–water partition coefficient (Wildman–Crippen LogP) is 2.44. The summed E-state index contributed by atoms with van der Waals surface area (Å²) in [6.07, 6.45) is 8.28. The predicted molar refractivity (Wildman–Crippen MR) is 96.5 cm³/mol. The Hall–Kier alpha value is -2.03. The number of rotatable bonds is 3. The van der Waals surface area contributed by atoms with Crippen LogP contribution in [0, 0.1) is 0 Å². The standard InChI is InChI=1S/C16H19BrN8/c1-23-15-12(13(17)22-23)16(19-8-18-15)24-6-2-3-10(7-24)14-21-20-9-25(14)11-4-5-11/h8-11H,2-7H2,1H3. The second-order valence-electron chi connectivity index (χ2n) is 6.92. The highest BCUT2D eigenvalue weighted by Gasteiger charge is 2.32. The van der Waals surface area contributed by atoms with Gasteiger partial charge in [0.1, 0.15) is 28.9 Å². The van der Waals surface area contributed by atoms with Crippen molar-refractivity contribution < 1.29 is 0 Å². The minimum atomic E-state index is 0.386. The first-order valence-electron chi connectivity index (χ1n) is 8.70. The quantitative estimate of drug-likeness (QED) is 0.669. The summed E-state index contributed by atoms with van der Waals surface area (Å²) in [6, 6.07) is 0.610. The van der Waals surface area contributed by atoms with E-state index < -0.39 is 0 Å². The molecule has 2 fully saturated rings. The minimum Gasteiger partial charge on any atom is -0.355 e. The molecule has 5 rings (SSSR count). The van der Waals surface area contributed by atoms with Crippen LogP contribution in [0.1, 0.15) is 43.5 Å². The molecule has 1 saturated heterocycles. The fraction of sp³-hybridized carbons (Fsp3) is 0.562. The Morgan fingerprint density at radius 2 is 2.08 bits per heavy atom. The number of aromatic nitrogens is 7. The number of anilines is 1. The Morgan fingerprint density at radius 3 is 2.92 bits per heavy atom. The van der Waals surface area contributed by atoms with E-state index in [9.17, 15) is 0 Å². The van der Waals surface area contributed by atoms with Crippen LogP contribution >= 0.6 is 15.9 Å². The van der Waals surface area contributed by atoms with E-state index in [-0.39, 0.29) is 0 Å². The Labute approximate surface area is 153 Å². The van der Waals surface area contributed by atoms with E-state index in [1.165, 1.54) is 12.8 Å². The Balaban J connectivity index is 1.50. The van der Waals surface area contributed by atoms with E-state index >= 15 is 0 Å². The zero-order valence-electron chi connectivity index (χ0n) is 14.0. The Bertz CT molecular complexity index is 928. The number of hydrogen-bond donors (Lipinski definition) is 0. The summed E-state index contributed by atoms with van der Waals surface area (Å²) in [6.45, 7) is 1.89. The molecule has 0 bridgehead atoms. The maximum absolute atomic E-state index is 4.58. The van der Waals surface area contributed by atoms with Gasteiger partial charge in [-0.05, 0) is 41.6 Å². The maximum atomic E-state index is 4.58. The van der Waals surface area contributed by atoms with Crippen molar-refractivity contribution in [2.75, 3.05) is 18.0 Å². The van der Waals surface area contributed by atoms with Gasteiger partial charge in [0.2, 0.25) is 0 Å². The van der Waals surface area contributed by atoms with Crippen molar-refractivity contribution in [2.24, 2.45) is 7.05 Å². The van der Waals surface area contributed by atoms with Crippen molar-refractivity contribution in [3.05, 3.63) is 23.1 Å². The summed E-state index contributed by atoms with van der Waals surface area (Å²) < 4.78 is 4.86. The van der Waals surface area contributed by atoms with Gasteiger partial charge in [-0.1, -0.05) is 0 Å². The average Bonchev–Trinajstić information content (AvgIpc) is 3.29. The fourth-order valence-corrected chi connectivity index (χ4v) is 4.42. The fourth-order valence-electron chi connectivity index (χ4n) is 3.82. The first-order valence-corrected chi connectivity index (χ1v) is 9.49. The third-order valence-electron chi connectivity index (χ3n) is 5.18. The molecule has 25 heavy (non-hydrogen) atoms. The van der Waals surface area contributed by atoms with E-state index in [0.29, 0.717) is 12.0 Å². The third kappa shape index (κ3) is 2.52. The summed E-state index contributed by atoms with van der Waals surface area (Å²) in [4.78, 5) is 11.3. The molecule has 1 saturated carbocycles. The highest BCUT2D eigenvalue weighted by molar-refractivity contribution is 9.10. The second kappa shape index (κ2) is 5.76. The molecule has 8 nitrogen and oxygen atoms in total. The third-order valence-corrected chi connectivity index (χ3v) is 5.74. The zero-order valence-corrected chi connectivity index (χ0v) is 15.6. The van der Waals surface area contributed by atoms with Gasteiger partial charge in [-0.3, -0.25) is 0 Å². The van der Waals surface area contributed by atoms with Crippen LogP contribution < -0.4 is 4.90 Å². The molecule has 0 radical (unpaired) electrons. The van der Waals surface area contributed by atoms with E-state index in [2.05, 4.69) is 50.7 Å². The van der Waals surface area contributed by atoms with E-state index in [0.717, 1.165) is 53.2 Å². The van der Waals surface area contributed by atoms with Gasteiger partial charge in [0.25, 0.3) is 0 Å². The Morgan fingerprint density at radius 1 is 1.20 bits per heavy atom. The molecule has 0 N–H and O–H groups in total. The summed E-state index contributed by atoms with van der Waals surface area (Å²) in [7, 11) is 1.90. The van der Waals surface area contributed by atoms with Crippen LogP contribution in [0.5, 0.6) is 0 Å². The topological polar surface area (TPSA) is 77.5 Å². The SMILES string of the molecule is Cn1nc(Br)c2c(N3CCCC(c4nncn4C4CC4)C3)ncnc21. The zero-order chi connectivity index (χ0) is 17.0. The van der Waals surface area contributed by atoms with Crippen LogP contribution in [0.25, 0.3) is 11.0 Å². The van der Waals surface area contributed by atoms with Crippen LogP contribution in [0.2, 0.25) is 0 Å². The van der Waals surface area contributed by atoms with Crippen molar-refractivity contribution in [2.45, 2.75) is 37.6 Å². The van der Waals surface area contributed by atoms with Crippen LogP contribution in [0.4, 0.5) is 5.82 Å². The van der Waals surface area contributed by atoms with E-state index in [4.69, 9.17) is 0 Å². The lowest BCUT2D eigenvalue weighted by Gasteiger charge is -2.33. The molecule has 4 heterocycles. The molecular formula is C16H19BrN8. The molecule has 1 atom stereocenters. The van der Waals surface area contributed by atoms with Crippen molar-refractivity contribution in [1.29, 1.82) is 0 Å². The molecule has 3 aromatic heterocycles. The molecule has 130 valence electrons. The van der Waals surface area contributed by atoms with E-state index in [1.807, 2.05) is 13.4 Å². The van der Waals surface area contributed by atoms with Gasteiger partial charge in [0.15, 0.2) is 5.65 Å². The van der Waals surface area contributed by atoms with Gasteiger partial charge >= 0.3 is 0 Å². The minimum absolute atomic E-state index is 0.386. The van der Waals surface area contributed by atoms with Crippen LogP contribution in [-0.2, 0) is 7.05 Å². The molecule has 1 aliphatic heterocycles. The van der Waals surface area contributed by atoms with Crippen LogP contribution in [0.15, 0.2) is 17.3 Å². The largest absolute Gasteiger partial charge is 0.355 e. The van der Waals surface area contributed by atoms with Crippen molar-refractivity contribution in [3.63, 3.8) is 0 Å². The lowest BCUT2D eigenvalue weighted by Crippen LogP contribution is -2.36. The van der Waals surface area contributed by atoms with Gasteiger partial charge in [-0.15, -0.1) is 10.2 Å².